The average Bonchev–Trinajstić information content (AvgIpc) is 3.64. The number of hydrogen-bond acceptors (Lipinski definition) is 10. The number of aliphatic hydroxyl groups excluding tert-OH is 1. The molecule has 11 nitrogen and oxygen atoms in total. The van der Waals surface area contributed by atoms with E-state index in [9.17, 15) is 24.3 Å². The van der Waals surface area contributed by atoms with Gasteiger partial charge in [0.1, 0.15) is 16.8 Å². The molecule has 7 atom stereocenters. The van der Waals surface area contributed by atoms with Crippen LogP contribution in [0.3, 0.4) is 0 Å². The first-order chi connectivity index (χ1) is 24.8. The highest BCUT2D eigenvalue weighted by molar-refractivity contribution is 7.09. The summed E-state index contributed by atoms with van der Waals surface area (Å²) in [7, 11) is 4.94. The molecule has 0 radical (unpaired) electrons. The molecule has 52 heavy (non-hydrogen) atoms. The van der Waals surface area contributed by atoms with Crippen molar-refractivity contribution in [3.05, 3.63) is 52.0 Å². The monoisotopic (exact) mass is 742 g/mol. The first-order valence-electron chi connectivity index (χ1n) is 18.9. The number of ketones is 1. The molecule has 1 aromatic carbocycles. The van der Waals surface area contributed by atoms with Crippen molar-refractivity contribution in [2.24, 2.45) is 23.7 Å². The lowest BCUT2D eigenvalue weighted by Crippen LogP contribution is -2.50. The molecule has 0 aliphatic carbocycles. The maximum Gasteiger partial charge on any atom is 0.308 e. The van der Waals surface area contributed by atoms with Gasteiger partial charge in [-0.15, -0.1) is 11.3 Å². The number of aromatic nitrogens is 1. The molecule has 1 aliphatic rings. The van der Waals surface area contributed by atoms with Crippen LogP contribution in [-0.2, 0) is 30.3 Å². The topological polar surface area (TPSA) is 138 Å². The number of carbonyl (C=O) groups excluding carboxylic acids is 4. The number of ether oxygens (including phenoxy) is 2. The van der Waals surface area contributed by atoms with E-state index in [4.69, 9.17) is 9.47 Å². The lowest BCUT2D eigenvalue weighted by atomic mass is 9.82. The van der Waals surface area contributed by atoms with Crippen LogP contribution in [0, 0.1) is 23.7 Å². The van der Waals surface area contributed by atoms with E-state index in [1.54, 1.807) is 19.4 Å². The summed E-state index contributed by atoms with van der Waals surface area (Å²) in [5, 5.41) is 16.6. The maximum atomic E-state index is 14.5. The van der Waals surface area contributed by atoms with Gasteiger partial charge in [-0.25, -0.2) is 4.98 Å². The van der Waals surface area contributed by atoms with Crippen molar-refractivity contribution in [3.8, 4) is 0 Å². The molecule has 1 aromatic heterocycles. The van der Waals surface area contributed by atoms with Crippen molar-refractivity contribution in [1.82, 2.24) is 20.1 Å². The second kappa shape index (κ2) is 21.5. The molecular weight excluding hydrogens is 681 g/mol. The van der Waals surface area contributed by atoms with Gasteiger partial charge in [0.15, 0.2) is 5.78 Å². The number of esters is 1. The fourth-order valence-electron chi connectivity index (χ4n) is 7.20. The molecule has 1 unspecified atom stereocenters. The summed E-state index contributed by atoms with van der Waals surface area (Å²) in [6, 6.07) is 8.86. The lowest BCUT2D eigenvalue weighted by molar-refractivity contribution is -0.145. The minimum absolute atomic E-state index is 0.00511. The van der Waals surface area contributed by atoms with Crippen molar-refractivity contribution >= 4 is 34.9 Å². The van der Waals surface area contributed by atoms with E-state index in [-0.39, 0.29) is 66.2 Å². The van der Waals surface area contributed by atoms with Gasteiger partial charge >= 0.3 is 5.97 Å². The Morgan fingerprint density at radius 1 is 1.08 bits per heavy atom. The SMILES string of the molecule is CC[C@H](C)[C@H](CC(=O)C1CCCCN1C)C(=O)N(CCOC)[C@H](C[C@@H](O)c1nc(C(=O)N[C@@H](Cc2ccccc2)C[C@H](C)C(=O)OC)cs1)C(C)C. The predicted molar refractivity (Wildman–Crippen MR) is 204 cm³/mol. The summed E-state index contributed by atoms with van der Waals surface area (Å²) < 4.78 is 10.4. The quantitative estimate of drug-likeness (QED) is 0.154. The minimum Gasteiger partial charge on any atom is -0.469 e. The predicted octanol–water partition coefficient (Wildman–Crippen LogP) is 5.71. The fourth-order valence-corrected chi connectivity index (χ4v) is 8.00. The number of likely N-dealkylation sites (tertiary alicyclic amines) is 1. The van der Waals surface area contributed by atoms with E-state index in [0.717, 1.165) is 37.8 Å². The fraction of sp³-hybridized carbons (Fsp3) is 0.675. The number of rotatable bonds is 21. The van der Waals surface area contributed by atoms with Gasteiger partial charge in [-0.05, 0) is 56.7 Å². The number of nitrogens with zero attached hydrogens (tertiary/aromatic N) is 3. The number of benzene rings is 1. The van der Waals surface area contributed by atoms with Crippen LogP contribution in [0.2, 0.25) is 0 Å². The van der Waals surface area contributed by atoms with Crippen LogP contribution in [0.4, 0.5) is 0 Å². The van der Waals surface area contributed by atoms with Crippen LogP contribution in [0.25, 0.3) is 0 Å². The van der Waals surface area contributed by atoms with Crippen LogP contribution in [0.1, 0.15) is 107 Å². The molecule has 0 spiro atoms. The molecule has 290 valence electrons. The van der Waals surface area contributed by atoms with Crippen molar-refractivity contribution in [2.75, 3.05) is 41.0 Å². The summed E-state index contributed by atoms with van der Waals surface area (Å²) in [4.78, 5) is 62.3. The van der Waals surface area contributed by atoms with Crippen LogP contribution in [-0.4, -0.2) is 103 Å². The van der Waals surface area contributed by atoms with E-state index in [2.05, 4.69) is 15.2 Å². The normalized spacial score (nSPS) is 18.5. The van der Waals surface area contributed by atoms with Gasteiger partial charge in [-0.2, -0.15) is 0 Å². The van der Waals surface area contributed by atoms with Crippen LogP contribution < -0.4 is 5.32 Å². The molecule has 2 amide bonds. The summed E-state index contributed by atoms with van der Waals surface area (Å²) in [6.07, 6.45) is 3.94. The lowest BCUT2D eigenvalue weighted by Gasteiger charge is -2.39. The Morgan fingerprint density at radius 3 is 2.40 bits per heavy atom. The Hall–Kier alpha value is -3.19. The third-order valence-corrected chi connectivity index (χ3v) is 11.6. The highest BCUT2D eigenvalue weighted by Gasteiger charge is 2.38. The van der Waals surface area contributed by atoms with Gasteiger partial charge in [-0.1, -0.05) is 77.8 Å². The van der Waals surface area contributed by atoms with Gasteiger partial charge in [0, 0.05) is 49.9 Å². The molecular formula is C40H62N4O7S. The minimum atomic E-state index is -1.03. The highest BCUT2D eigenvalue weighted by atomic mass is 32.1. The first kappa shape index (κ1) is 43.2. The summed E-state index contributed by atoms with van der Waals surface area (Å²) in [5.41, 5.74) is 1.20. The Bertz CT molecular complexity index is 1420. The third kappa shape index (κ3) is 12.5. The molecule has 1 fully saturated rings. The van der Waals surface area contributed by atoms with Crippen molar-refractivity contribution < 1.29 is 33.8 Å². The number of likely N-dealkylation sites (N-methyl/N-ethyl adjacent to an activating group) is 1. The number of aliphatic hydroxyl groups is 1. The zero-order valence-corrected chi connectivity index (χ0v) is 33.3. The van der Waals surface area contributed by atoms with E-state index >= 15 is 0 Å². The van der Waals surface area contributed by atoms with Crippen molar-refractivity contribution in [1.29, 1.82) is 0 Å². The van der Waals surface area contributed by atoms with Gasteiger partial charge in [-0.3, -0.25) is 24.1 Å². The zero-order valence-electron chi connectivity index (χ0n) is 32.5. The Labute approximate surface area is 314 Å². The molecule has 0 bridgehead atoms. The van der Waals surface area contributed by atoms with E-state index in [1.165, 1.54) is 18.4 Å². The number of amides is 2. The third-order valence-electron chi connectivity index (χ3n) is 10.6. The summed E-state index contributed by atoms with van der Waals surface area (Å²) in [6.45, 7) is 11.4. The highest BCUT2D eigenvalue weighted by Crippen LogP contribution is 2.31. The van der Waals surface area contributed by atoms with Crippen molar-refractivity contribution in [3.63, 3.8) is 0 Å². The molecule has 12 heteroatoms. The van der Waals surface area contributed by atoms with Gasteiger partial charge in [0.05, 0.1) is 25.7 Å². The molecule has 2 aromatic rings. The Kier molecular flexibility index (Phi) is 17.9. The summed E-state index contributed by atoms with van der Waals surface area (Å²) >= 11 is 1.20. The molecule has 0 saturated carbocycles. The Balaban J connectivity index is 1.79. The standard InChI is InChI=1S/C40H62N4O7S/c1-9-27(4)31(23-35(45)33-17-13-14-18-43(33)6)39(48)44(19-20-50-7)34(26(2)3)24-36(46)38-42-32(25-52-38)37(47)41-30(21-28(5)40(49)51-8)22-29-15-11-10-12-16-29/h10-12,15-16,25-28,30-31,33-34,36,46H,9,13-14,17-24H2,1-8H3,(H,41,47)/t27-,28-,30+,31-,33?,34+,36+/m0/s1. The number of hydrogen-bond donors (Lipinski definition) is 2. The van der Waals surface area contributed by atoms with E-state index in [1.807, 2.05) is 70.0 Å². The van der Waals surface area contributed by atoms with Crippen LogP contribution >= 0.6 is 11.3 Å². The summed E-state index contributed by atoms with van der Waals surface area (Å²) in [5.74, 6) is -1.64. The van der Waals surface area contributed by atoms with Crippen LogP contribution in [0.15, 0.2) is 35.7 Å². The number of thiazole rings is 1. The molecule has 2 N–H and O–H groups in total. The number of methoxy groups -OCH3 is 2. The molecule has 3 rings (SSSR count). The second-order valence-corrected chi connectivity index (χ2v) is 15.7. The van der Waals surface area contributed by atoms with Gasteiger partial charge < -0.3 is 24.8 Å². The smallest absolute Gasteiger partial charge is 0.308 e. The molecule has 1 aliphatic heterocycles. The number of carbonyl (C=O) groups is 4. The second-order valence-electron chi connectivity index (χ2n) is 14.8. The van der Waals surface area contributed by atoms with Gasteiger partial charge in [0.25, 0.3) is 5.91 Å². The number of piperidine rings is 1. The van der Waals surface area contributed by atoms with E-state index < -0.39 is 23.8 Å². The first-order valence-corrected chi connectivity index (χ1v) is 19.8. The van der Waals surface area contributed by atoms with E-state index in [0.29, 0.717) is 31.0 Å². The molecule has 1 saturated heterocycles. The zero-order chi connectivity index (χ0) is 38.4. The van der Waals surface area contributed by atoms with Crippen LogP contribution in [0.5, 0.6) is 0 Å². The largest absolute Gasteiger partial charge is 0.469 e. The van der Waals surface area contributed by atoms with Crippen molar-refractivity contribution in [2.45, 2.75) is 110 Å². The molecule has 2 heterocycles. The average molecular weight is 743 g/mol. The number of nitrogens with one attached hydrogen (secondary N) is 1. The number of Topliss-reactive ketones (excluding diaryl/α,β-unsaturated/α-hetero) is 1. The Morgan fingerprint density at radius 2 is 1.79 bits per heavy atom. The maximum absolute atomic E-state index is 14.5. The van der Waals surface area contributed by atoms with Gasteiger partial charge in [0.2, 0.25) is 5.91 Å².